The molecule has 0 spiro atoms. The second kappa shape index (κ2) is 10.3. The number of benzene rings is 2. The number of nitrogens with one attached hydrogen (secondary N) is 1. The highest BCUT2D eigenvalue weighted by Gasteiger charge is 2.26. The number of halogens is 1. The van der Waals surface area contributed by atoms with Crippen LogP contribution in [-0.2, 0) is 22.5 Å². The Bertz CT molecular complexity index is 1240. The molecule has 0 amide bonds. The zero-order valence-corrected chi connectivity index (χ0v) is 20.8. The molecule has 1 atom stereocenters. The Labute approximate surface area is 206 Å². The average molecular weight is 476 g/mol. The monoisotopic (exact) mass is 475 g/mol. The first-order valence-electron chi connectivity index (χ1n) is 11.7. The quantitative estimate of drug-likeness (QED) is 0.307. The van der Waals surface area contributed by atoms with E-state index in [1.165, 1.54) is 11.8 Å². The van der Waals surface area contributed by atoms with E-state index in [2.05, 4.69) is 48.9 Å². The molecule has 0 fully saturated rings. The summed E-state index contributed by atoms with van der Waals surface area (Å²) in [5.41, 5.74) is 5.89. The number of anilines is 1. The van der Waals surface area contributed by atoms with Gasteiger partial charge < -0.3 is 14.6 Å². The number of rotatable bonds is 7. The Balaban J connectivity index is 1.64. The van der Waals surface area contributed by atoms with Crippen molar-refractivity contribution in [2.75, 3.05) is 11.5 Å². The molecule has 1 aliphatic heterocycles. The Hall–Kier alpha value is -3.31. The number of carbonyl (C=O) groups is 1. The Morgan fingerprint density at radius 2 is 1.91 bits per heavy atom. The summed E-state index contributed by atoms with van der Waals surface area (Å²) in [6.07, 6.45) is 4.65. The molecule has 0 aliphatic carbocycles. The summed E-state index contributed by atoms with van der Waals surface area (Å²) in [6.45, 7) is 9.26. The average Bonchev–Trinajstić information content (AvgIpc) is 3.27. The summed E-state index contributed by atoms with van der Waals surface area (Å²) < 4.78 is 5.16. The molecule has 2 aromatic carbocycles. The molecule has 176 valence electrons. The van der Waals surface area contributed by atoms with Crippen LogP contribution in [-0.4, -0.2) is 22.5 Å². The minimum absolute atomic E-state index is 0.288. The molecule has 0 saturated carbocycles. The zero-order valence-electron chi connectivity index (χ0n) is 20.1. The van der Waals surface area contributed by atoms with Gasteiger partial charge in [0.1, 0.15) is 11.6 Å². The molecule has 2 heterocycles. The molecule has 4 rings (SSSR count). The predicted octanol–water partition coefficient (Wildman–Crippen LogP) is 6.65. The van der Waals surface area contributed by atoms with E-state index in [0.29, 0.717) is 11.6 Å². The Morgan fingerprint density at radius 1 is 1.18 bits per heavy atom. The highest BCUT2D eigenvalue weighted by molar-refractivity contribution is 6.32. The van der Waals surface area contributed by atoms with Gasteiger partial charge in [-0.05, 0) is 36.6 Å². The second-order valence-electron chi connectivity index (χ2n) is 8.44. The smallest absolute Gasteiger partial charge is 0.331 e. The van der Waals surface area contributed by atoms with Gasteiger partial charge in [0.25, 0.3) is 0 Å². The number of esters is 1. The van der Waals surface area contributed by atoms with Crippen LogP contribution in [0.2, 0.25) is 5.02 Å². The van der Waals surface area contributed by atoms with Crippen LogP contribution in [0.25, 0.3) is 5.57 Å². The molecule has 0 bridgehead atoms. The molecular weight excluding hydrogens is 446 g/mol. The topological polar surface area (TPSA) is 58.2 Å². The number of fused-ring (bicyclic) bond motifs is 1. The van der Waals surface area contributed by atoms with Crippen molar-refractivity contribution in [1.29, 1.82) is 0 Å². The molecule has 34 heavy (non-hydrogen) atoms. The summed E-state index contributed by atoms with van der Waals surface area (Å²) in [5.74, 6) is 1.99. The number of carbonyl (C=O) groups excluding carboxylic acids is 1. The Kier molecular flexibility index (Phi) is 7.23. The number of nitrogens with zero attached hydrogens (tertiary/aromatic N) is 2. The lowest BCUT2D eigenvalue weighted by Crippen LogP contribution is -2.25. The molecule has 1 aromatic heterocycles. The van der Waals surface area contributed by atoms with Gasteiger partial charge in [0.15, 0.2) is 0 Å². The zero-order chi connectivity index (χ0) is 24.2. The van der Waals surface area contributed by atoms with E-state index in [4.69, 9.17) is 21.3 Å². The van der Waals surface area contributed by atoms with Gasteiger partial charge in [-0.15, -0.1) is 0 Å². The summed E-state index contributed by atoms with van der Waals surface area (Å²) in [4.78, 5) is 22.9. The van der Waals surface area contributed by atoms with E-state index in [0.717, 1.165) is 52.6 Å². The predicted molar refractivity (Wildman–Crippen MR) is 138 cm³/mol. The van der Waals surface area contributed by atoms with Crippen molar-refractivity contribution in [1.82, 2.24) is 9.97 Å². The molecule has 6 heteroatoms. The van der Waals surface area contributed by atoms with E-state index in [9.17, 15) is 4.79 Å². The number of aryl methyl sites for hydroxylation is 1. The van der Waals surface area contributed by atoms with Crippen LogP contribution in [0.4, 0.5) is 5.82 Å². The number of ether oxygens (including phenoxy) is 1. The van der Waals surface area contributed by atoms with Crippen molar-refractivity contribution in [2.45, 2.75) is 46.6 Å². The van der Waals surface area contributed by atoms with Crippen molar-refractivity contribution < 1.29 is 9.53 Å². The van der Waals surface area contributed by atoms with Crippen molar-refractivity contribution in [3.8, 4) is 0 Å². The number of imidazole rings is 1. The van der Waals surface area contributed by atoms with Gasteiger partial charge in [-0.2, -0.15) is 0 Å². The SMILES string of the molecule is CCOC(=O)C=C(c1ccc(CN2C(C)=CC(C)c3nc(CC)[nH]c32)cc1)c1ccccc1Cl. The minimum Gasteiger partial charge on any atom is -0.463 e. The minimum atomic E-state index is -0.386. The second-order valence-corrected chi connectivity index (χ2v) is 8.85. The van der Waals surface area contributed by atoms with Gasteiger partial charge >= 0.3 is 5.97 Å². The fraction of sp³-hybridized carbons (Fsp3) is 0.286. The third-order valence-electron chi connectivity index (χ3n) is 6.03. The highest BCUT2D eigenvalue weighted by atomic mass is 35.5. The van der Waals surface area contributed by atoms with Crippen LogP contribution in [0.1, 0.15) is 61.8 Å². The van der Waals surface area contributed by atoms with Crippen molar-refractivity contribution in [3.05, 3.63) is 99.6 Å². The van der Waals surface area contributed by atoms with Gasteiger partial charge in [0.2, 0.25) is 0 Å². The van der Waals surface area contributed by atoms with Crippen LogP contribution >= 0.6 is 11.6 Å². The normalized spacial score (nSPS) is 15.7. The van der Waals surface area contributed by atoms with Crippen LogP contribution in [0, 0.1) is 0 Å². The van der Waals surface area contributed by atoms with Gasteiger partial charge in [0, 0.05) is 41.2 Å². The fourth-order valence-corrected chi connectivity index (χ4v) is 4.54. The van der Waals surface area contributed by atoms with E-state index in [1.807, 2.05) is 36.4 Å². The maximum absolute atomic E-state index is 12.3. The Morgan fingerprint density at radius 3 is 2.59 bits per heavy atom. The number of aromatic amines is 1. The van der Waals surface area contributed by atoms with E-state index in [1.54, 1.807) is 6.92 Å². The molecule has 0 radical (unpaired) electrons. The molecular formula is C28H30ClN3O2. The summed E-state index contributed by atoms with van der Waals surface area (Å²) in [6, 6.07) is 15.8. The number of H-pyrrole nitrogens is 1. The van der Waals surface area contributed by atoms with Gasteiger partial charge in [0.05, 0.1) is 12.3 Å². The third kappa shape index (κ3) is 4.95. The van der Waals surface area contributed by atoms with E-state index in [-0.39, 0.29) is 11.9 Å². The van der Waals surface area contributed by atoms with Crippen LogP contribution < -0.4 is 4.90 Å². The standard InChI is InChI=1S/C28H30ClN3O2/c1-5-25-30-27-18(3)15-19(4)32(28(27)31-25)17-20-11-13-21(14-12-20)23(16-26(33)34-6-2)22-9-7-8-10-24(22)29/h7-16,18H,5-6,17H2,1-4H3,(H,30,31). The first kappa shape index (κ1) is 23.8. The summed E-state index contributed by atoms with van der Waals surface area (Å²) in [5, 5.41) is 0.587. The third-order valence-corrected chi connectivity index (χ3v) is 6.36. The first-order valence-corrected chi connectivity index (χ1v) is 12.1. The van der Waals surface area contributed by atoms with Crippen LogP contribution in [0.15, 0.2) is 66.4 Å². The van der Waals surface area contributed by atoms with Crippen LogP contribution in [0.3, 0.4) is 0 Å². The number of allylic oxidation sites excluding steroid dienone is 2. The van der Waals surface area contributed by atoms with Crippen molar-refractivity contribution in [3.63, 3.8) is 0 Å². The number of hydrogen-bond acceptors (Lipinski definition) is 4. The van der Waals surface area contributed by atoms with Crippen LogP contribution in [0.5, 0.6) is 0 Å². The lowest BCUT2D eigenvalue weighted by Gasteiger charge is -2.30. The first-order chi connectivity index (χ1) is 16.4. The number of aromatic nitrogens is 2. The molecule has 0 saturated heterocycles. The molecule has 1 unspecified atom stereocenters. The van der Waals surface area contributed by atoms with Gasteiger partial charge in [-0.1, -0.05) is 74.0 Å². The van der Waals surface area contributed by atoms with Gasteiger partial charge in [-0.3, -0.25) is 0 Å². The molecule has 5 nitrogen and oxygen atoms in total. The highest BCUT2D eigenvalue weighted by Crippen LogP contribution is 2.36. The van der Waals surface area contributed by atoms with Crippen molar-refractivity contribution in [2.24, 2.45) is 0 Å². The number of hydrogen-bond donors (Lipinski definition) is 1. The summed E-state index contributed by atoms with van der Waals surface area (Å²) in [7, 11) is 0. The fourth-order valence-electron chi connectivity index (χ4n) is 4.30. The summed E-state index contributed by atoms with van der Waals surface area (Å²) >= 11 is 6.46. The largest absolute Gasteiger partial charge is 0.463 e. The maximum atomic E-state index is 12.3. The molecule has 3 aromatic rings. The maximum Gasteiger partial charge on any atom is 0.331 e. The van der Waals surface area contributed by atoms with E-state index >= 15 is 0 Å². The lowest BCUT2D eigenvalue weighted by molar-refractivity contribution is -0.137. The van der Waals surface area contributed by atoms with Gasteiger partial charge in [-0.25, -0.2) is 9.78 Å². The lowest BCUT2D eigenvalue weighted by atomic mass is 9.96. The van der Waals surface area contributed by atoms with Crippen molar-refractivity contribution >= 4 is 29.0 Å². The molecule has 1 N–H and O–H groups in total. The molecule has 1 aliphatic rings. The van der Waals surface area contributed by atoms with E-state index < -0.39 is 0 Å².